The molecule has 0 unspecified atom stereocenters. The van der Waals surface area contributed by atoms with Crippen molar-refractivity contribution in [2.45, 2.75) is 6.54 Å². The van der Waals surface area contributed by atoms with Gasteiger partial charge in [0.25, 0.3) is 0 Å². The number of ether oxygens (including phenoxy) is 1. The van der Waals surface area contributed by atoms with Crippen LogP contribution in [0.4, 0.5) is 5.69 Å². The van der Waals surface area contributed by atoms with Crippen molar-refractivity contribution in [2.75, 3.05) is 44.7 Å². The monoisotopic (exact) mass is 439 g/mol. The number of hydrogen-bond acceptors (Lipinski definition) is 3. The van der Waals surface area contributed by atoms with Crippen molar-refractivity contribution in [3.8, 4) is 0 Å². The average Bonchev–Trinajstić information content (AvgIpc) is 2.79. The van der Waals surface area contributed by atoms with Gasteiger partial charge in [0, 0.05) is 32.7 Å². The topological polar surface area (TPSA) is 27.7 Å². The van der Waals surface area contributed by atoms with Gasteiger partial charge in [0.05, 0.1) is 23.9 Å². The van der Waals surface area contributed by atoms with Gasteiger partial charge in [-0.25, -0.2) is 0 Å². The SMILES string of the molecule is S=C(Nc1ccccc1Cl)N(CCN1CCOCC1)Cc1cccc2ccccc12. The van der Waals surface area contributed by atoms with Crippen LogP contribution in [-0.2, 0) is 11.3 Å². The Morgan fingerprint density at radius 3 is 2.57 bits per heavy atom. The first kappa shape index (κ1) is 21.1. The minimum atomic E-state index is 0.665. The lowest BCUT2D eigenvalue weighted by molar-refractivity contribution is 0.0358. The molecule has 1 heterocycles. The summed E-state index contributed by atoms with van der Waals surface area (Å²) in [5.74, 6) is 0. The zero-order valence-electron chi connectivity index (χ0n) is 16.9. The highest BCUT2D eigenvalue weighted by Gasteiger charge is 2.16. The average molecular weight is 440 g/mol. The summed E-state index contributed by atoms with van der Waals surface area (Å²) < 4.78 is 5.48. The van der Waals surface area contributed by atoms with E-state index in [1.807, 2.05) is 24.3 Å². The van der Waals surface area contributed by atoms with Gasteiger partial charge in [-0.2, -0.15) is 0 Å². The lowest BCUT2D eigenvalue weighted by Crippen LogP contribution is -2.44. The maximum Gasteiger partial charge on any atom is 0.173 e. The fourth-order valence-corrected chi connectivity index (χ4v) is 4.18. The Balaban J connectivity index is 1.54. The predicted octanol–water partition coefficient (Wildman–Crippen LogP) is 5.02. The van der Waals surface area contributed by atoms with Crippen molar-refractivity contribution >= 4 is 45.4 Å². The lowest BCUT2D eigenvalue weighted by atomic mass is 10.0. The Labute approximate surface area is 188 Å². The maximum atomic E-state index is 6.35. The van der Waals surface area contributed by atoms with E-state index in [4.69, 9.17) is 28.6 Å². The first-order chi connectivity index (χ1) is 14.7. The van der Waals surface area contributed by atoms with Gasteiger partial charge in [0.15, 0.2) is 5.11 Å². The summed E-state index contributed by atoms with van der Waals surface area (Å²) in [7, 11) is 0. The maximum absolute atomic E-state index is 6.35. The summed E-state index contributed by atoms with van der Waals surface area (Å²) >= 11 is 12.2. The molecular weight excluding hydrogens is 414 g/mol. The third kappa shape index (κ3) is 5.29. The predicted molar refractivity (Wildman–Crippen MR) is 129 cm³/mol. The van der Waals surface area contributed by atoms with Crippen LogP contribution >= 0.6 is 23.8 Å². The number of rotatable bonds is 6. The Morgan fingerprint density at radius 2 is 1.73 bits per heavy atom. The van der Waals surface area contributed by atoms with Crippen molar-refractivity contribution in [3.63, 3.8) is 0 Å². The van der Waals surface area contributed by atoms with Crippen molar-refractivity contribution in [1.29, 1.82) is 0 Å². The fourth-order valence-electron chi connectivity index (χ4n) is 3.73. The quantitative estimate of drug-likeness (QED) is 0.544. The second-order valence-electron chi connectivity index (χ2n) is 7.42. The molecule has 1 saturated heterocycles. The van der Waals surface area contributed by atoms with Crippen LogP contribution in [0, 0.1) is 0 Å². The molecule has 156 valence electrons. The van der Waals surface area contributed by atoms with Crippen LogP contribution in [0.5, 0.6) is 0 Å². The van der Waals surface area contributed by atoms with E-state index >= 15 is 0 Å². The zero-order valence-corrected chi connectivity index (χ0v) is 18.5. The first-order valence-corrected chi connectivity index (χ1v) is 11.1. The number of thiocarbonyl (C=S) groups is 1. The molecule has 0 atom stereocenters. The van der Waals surface area contributed by atoms with E-state index in [1.54, 1.807) is 0 Å². The van der Waals surface area contributed by atoms with E-state index in [2.05, 4.69) is 57.6 Å². The number of fused-ring (bicyclic) bond motifs is 1. The Bertz CT molecular complexity index is 1000. The third-order valence-electron chi connectivity index (χ3n) is 5.43. The summed E-state index contributed by atoms with van der Waals surface area (Å²) in [6.07, 6.45) is 0. The summed E-state index contributed by atoms with van der Waals surface area (Å²) in [6.45, 7) is 6.04. The van der Waals surface area contributed by atoms with Crippen LogP contribution in [0.15, 0.2) is 66.7 Å². The van der Waals surface area contributed by atoms with Crippen molar-refractivity contribution in [3.05, 3.63) is 77.3 Å². The Kier molecular flexibility index (Phi) is 7.18. The number of nitrogens with one attached hydrogen (secondary N) is 1. The van der Waals surface area contributed by atoms with Gasteiger partial charge >= 0.3 is 0 Å². The summed E-state index contributed by atoms with van der Waals surface area (Å²) in [5.41, 5.74) is 2.09. The fraction of sp³-hybridized carbons (Fsp3) is 0.292. The van der Waals surface area contributed by atoms with Crippen LogP contribution in [0.3, 0.4) is 0 Å². The second-order valence-corrected chi connectivity index (χ2v) is 8.22. The van der Waals surface area contributed by atoms with Crippen molar-refractivity contribution in [2.24, 2.45) is 0 Å². The van der Waals surface area contributed by atoms with Crippen molar-refractivity contribution < 1.29 is 4.74 Å². The molecule has 0 aliphatic carbocycles. The molecule has 6 heteroatoms. The van der Waals surface area contributed by atoms with E-state index < -0.39 is 0 Å². The minimum Gasteiger partial charge on any atom is -0.379 e. The van der Waals surface area contributed by atoms with E-state index in [1.165, 1.54) is 16.3 Å². The summed E-state index contributed by atoms with van der Waals surface area (Å²) in [5, 5.41) is 7.20. The van der Waals surface area contributed by atoms with Gasteiger partial charge in [-0.05, 0) is 40.7 Å². The highest BCUT2D eigenvalue weighted by atomic mass is 35.5. The molecule has 1 aliphatic rings. The number of anilines is 1. The van der Waals surface area contributed by atoms with Crippen LogP contribution in [0.1, 0.15) is 5.56 Å². The highest BCUT2D eigenvalue weighted by Crippen LogP contribution is 2.23. The van der Waals surface area contributed by atoms with Crippen LogP contribution in [0.2, 0.25) is 5.02 Å². The molecule has 1 fully saturated rings. The molecule has 0 radical (unpaired) electrons. The molecule has 0 aromatic heterocycles. The Morgan fingerprint density at radius 1 is 1.00 bits per heavy atom. The molecule has 0 saturated carbocycles. The molecule has 1 aliphatic heterocycles. The van der Waals surface area contributed by atoms with Gasteiger partial charge in [-0.1, -0.05) is 66.2 Å². The van der Waals surface area contributed by atoms with E-state index in [9.17, 15) is 0 Å². The van der Waals surface area contributed by atoms with Crippen molar-refractivity contribution in [1.82, 2.24) is 9.80 Å². The highest BCUT2D eigenvalue weighted by molar-refractivity contribution is 7.80. The van der Waals surface area contributed by atoms with E-state index in [0.29, 0.717) is 10.1 Å². The van der Waals surface area contributed by atoms with Crippen LogP contribution in [-0.4, -0.2) is 54.3 Å². The van der Waals surface area contributed by atoms with Gasteiger partial charge in [0.1, 0.15) is 0 Å². The molecular formula is C24H26ClN3OS. The lowest BCUT2D eigenvalue weighted by Gasteiger charge is -2.32. The molecule has 3 aromatic carbocycles. The van der Waals surface area contributed by atoms with Gasteiger partial charge in [-0.15, -0.1) is 0 Å². The molecule has 0 bridgehead atoms. The van der Waals surface area contributed by atoms with Gasteiger partial charge < -0.3 is 15.0 Å². The van der Waals surface area contributed by atoms with E-state index in [0.717, 1.165) is 51.6 Å². The molecule has 4 rings (SSSR count). The summed E-state index contributed by atoms with van der Waals surface area (Å²) in [6, 6.07) is 22.6. The number of nitrogens with zero attached hydrogens (tertiary/aromatic N) is 2. The Hall–Kier alpha value is -2.18. The number of benzene rings is 3. The normalized spacial score (nSPS) is 14.6. The molecule has 3 aromatic rings. The standard InChI is InChI=1S/C24H26ClN3OS/c25-22-10-3-4-11-23(22)26-24(30)28(13-12-27-14-16-29-17-15-27)18-20-8-5-7-19-6-1-2-9-21(19)20/h1-11H,12-18H2,(H,26,30). The van der Waals surface area contributed by atoms with Crippen LogP contribution in [0.25, 0.3) is 10.8 Å². The smallest absolute Gasteiger partial charge is 0.173 e. The van der Waals surface area contributed by atoms with Gasteiger partial charge in [0.2, 0.25) is 0 Å². The zero-order chi connectivity index (χ0) is 20.8. The van der Waals surface area contributed by atoms with Crippen LogP contribution < -0.4 is 5.32 Å². The number of morpholine rings is 1. The molecule has 30 heavy (non-hydrogen) atoms. The summed E-state index contributed by atoms with van der Waals surface area (Å²) in [4.78, 5) is 4.66. The van der Waals surface area contributed by atoms with E-state index in [-0.39, 0.29) is 0 Å². The number of hydrogen-bond donors (Lipinski definition) is 1. The molecule has 0 amide bonds. The van der Waals surface area contributed by atoms with Gasteiger partial charge in [-0.3, -0.25) is 4.90 Å². The third-order valence-corrected chi connectivity index (χ3v) is 6.12. The number of halogens is 1. The minimum absolute atomic E-state index is 0.665. The largest absolute Gasteiger partial charge is 0.379 e. The first-order valence-electron chi connectivity index (χ1n) is 10.3. The molecule has 0 spiro atoms. The molecule has 1 N–H and O–H groups in total. The number of para-hydroxylation sites is 1. The molecule has 4 nitrogen and oxygen atoms in total. The second kappa shape index (κ2) is 10.2.